The molecule has 0 aromatic carbocycles. The largest absolute Gasteiger partial charge is 0.393 e. The van der Waals surface area contributed by atoms with Gasteiger partial charge in [0, 0.05) is 19.4 Å². The lowest BCUT2D eigenvalue weighted by Crippen LogP contribution is -2.49. The van der Waals surface area contributed by atoms with Crippen LogP contribution in [0.2, 0.25) is 0 Å². The van der Waals surface area contributed by atoms with Crippen molar-refractivity contribution in [3.05, 3.63) is 33.1 Å². The van der Waals surface area contributed by atoms with E-state index in [1.165, 1.54) is 13.3 Å². The van der Waals surface area contributed by atoms with Crippen molar-refractivity contribution in [2.24, 2.45) is 16.5 Å². The van der Waals surface area contributed by atoms with Gasteiger partial charge in [-0.05, 0) is 0 Å². The number of ether oxygens (including phenoxy) is 2. The van der Waals surface area contributed by atoms with Gasteiger partial charge in [-0.15, -0.1) is 0 Å². The molecule has 11 heteroatoms. The molecular formula is C12H19N5O6. The first-order valence-electron chi connectivity index (χ1n) is 6.71. The topological polar surface area (TPSA) is 178 Å². The smallest absolute Gasteiger partial charge is 0.330 e. The number of nitrogens with one attached hydrogen (secondary N) is 1. The number of aliphatic hydroxyl groups is 2. The van der Waals surface area contributed by atoms with E-state index in [2.05, 4.69) is 9.98 Å². The molecule has 1 fully saturated rings. The average molecular weight is 329 g/mol. The quantitative estimate of drug-likeness (QED) is 0.272. The number of aromatic amines is 1. The second-order valence-electron chi connectivity index (χ2n) is 5.13. The van der Waals surface area contributed by atoms with Crippen LogP contribution < -0.4 is 22.7 Å². The summed E-state index contributed by atoms with van der Waals surface area (Å²) in [4.78, 5) is 28.9. The maximum absolute atomic E-state index is 11.9. The Bertz CT molecular complexity index is 696. The zero-order valence-electron chi connectivity index (χ0n) is 12.4. The molecule has 0 saturated carbocycles. The van der Waals surface area contributed by atoms with Gasteiger partial charge in [0.2, 0.25) is 0 Å². The maximum atomic E-state index is 11.9. The van der Waals surface area contributed by atoms with Gasteiger partial charge in [0.05, 0.1) is 13.2 Å². The molecule has 0 bridgehead atoms. The molecule has 7 N–H and O–H groups in total. The molecule has 1 aromatic heterocycles. The minimum atomic E-state index is -1.55. The summed E-state index contributed by atoms with van der Waals surface area (Å²) in [5, 5.41) is 20.1. The van der Waals surface area contributed by atoms with Gasteiger partial charge in [-0.1, -0.05) is 0 Å². The Labute approximate surface area is 130 Å². The van der Waals surface area contributed by atoms with Crippen molar-refractivity contribution in [1.82, 2.24) is 9.55 Å². The highest BCUT2D eigenvalue weighted by molar-refractivity contribution is 5.75. The van der Waals surface area contributed by atoms with Crippen molar-refractivity contribution in [3.8, 4) is 0 Å². The number of hydrogen-bond donors (Lipinski definition) is 5. The summed E-state index contributed by atoms with van der Waals surface area (Å²) in [6.07, 6.45) is -2.18. The number of aromatic nitrogens is 2. The molecule has 0 amide bonds. The molecule has 0 unspecified atom stereocenters. The predicted octanol–water partition coefficient (Wildman–Crippen LogP) is -3.55. The van der Waals surface area contributed by atoms with Gasteiger partial charge in [-0.2, -0.15) is 0 Å². The number of nitrogens with zero attached hydrogens (tertiary/aromatic N) is 2. The summed E-state index contributed by atoms with van der Waals surface area (Å²) < 4.78 is 11.9. The first-order chi connectivity index (χ1) is 10.8. The van der Waals surface area contributed by atoms with E-state index < -0.39 is 41.9 Å². The molecule has 1 aliphatic rings. The predicted molar refractivity (Wildman–Crippen MR) is 78.7 cm³/mol. The minimum absolute atomic E-state index is 0.235. The number of methoxy groups -OCH3 is 1. The Morgan fingerprint density at radius 1 is 1.57 bits per heavy atom. The fourth-order valence-corrected chi connectivity index (χ4v) is 2.46. The highest BCUT2D eigenvalue weighted by Gasteiger charge is 2.55. The van der Waals surface area contributed by atoms with Crippen LogP contribution in [-0.4, -0.2) is 63.8 Å². The summed E-state index contributed by atoms with van der Waals surface area (Å²) in [7, 11) is 1.31. The summed E-state index contributed by atoms with van der Waals surface area (Å²) in [5.41, 5.74) is 7.66. The van der Waals surface area contributed by atoms with Gasteiger partial charge in [0.15, 0.2) is 12.2 Å². The van der Waals surface area contributed by atoms with E-state index in [4.69, 9.17) is 20.9 Å². The Hall–Kier alpha value is -2.21. The van der Waals surface area contributed by atoms with E-state index in [0.717, 1.165) is 10.6 Å². The molecule has 2 rings (SSSR count). The third-order valence-electron chi connectivity index (χ3n) is 3.68. The number of aliphatic imine (C=N–C) groups is 1. The second kappa shape index (κ2) is 6.50. The van der Waals surface area contributed by atoms with Gasteiger partial charge in [0.1, 0.15) is 17.8 Å². The minimum Gasteiger partial charge on any atom is -0.393 e. The third-order valence-corrected chi connectivity index (χ3v) is 3.68. The van der Waals surface area contributed by atoms with Crippen LogP contribution in [0.25, 0.3) is 0 Å². The first-order valence-corrected chi connectivity index (χ1v) is 6.71. The lowest BCUT2D eigenvalue weighted by atomic mass is 9.96. The second-order valence-corrected chi connectivity index (χ2v) is 5.13. The van der Waals surface area contributed by atoms with Crippen LogP contribution in [0.4, 0.5) is 0 Å². The fourth-order valence-electron chi connectivity index (χ4n) is 2.46. The lowest BCUT2D eigenvalue weighted by Gasteiger charge is -2.28. The molecule has 0 radical (unpaired) electrons. The molecule has 0 aliphatic carbocycles. The van der Waals surface area contributed by atoms with Crippen LogP contribution in [0.3, 0.4) is 0 Å². The monoisotopic (exact) mass is 329 g/mol. The number of H-pyrrole nitrogens is 1. The van der Waals surface area contributed by atoms with Crippen molar-refractivity contribution >= 4 is 5.96 Å². The number of aliphatic hydroxyl groups excluding tert-OH is 2. The van der Waals surface area contributed by atoms with E-state index in [1.807, 2.05) is 0 Å². The van der Waals surface area contributed by atoms with Crippen LogP contribution in [0.15, 0.2) is 26.8 Å². The standard InChI is InChI=1S/C12H19N5O6/c1-22-7-8(20)12(5-18,4-15-10(13)14)23-9(7)17-3-2-6(19)16-11(17)21/h2-3,7-9,18,20H,4-5H2,1H3,(H4,13,14,15)(H,16,19,21)/t7-,8+,9-,12-/m1/s1. The third kappa shape index (κ3) is 3.12. The van der Waals surface area contributed by atoms with Crippen LogP contribution in [-0.2, 0) is 9.47 Å². The average Bonchev–Trinajstić information content (AvgIpc) is 2.78. The Balaban J connectivity index is 2.43. The van der Waals surface area contributed by atoms with Gasteiger partial charge in [0.25, 0.3) is 5.56 Å². The van der Waals surface area contributed by atoms with Crippen LogP contribution in [0.1, 0.15) is 6.23 Å². The molecule has 128 valence electrons. The SMILES string of the molecule is CO[C@H]1[C@H](n2ccc(=O)[nH]c2=O)O[C@@](CO)(CN=C(N)N)[C@H]1O. The Kier molecular flexibility index (Phi) is 4.85. The number of rotatable bonds is 5. The van der Waals surface area contributed by atoms with E-state index in [-0.39, 0.29) is 12.5 Å². The summed E-state index contributed by atoms with van der Waals surface area (Å²) in [6.45, 7) is -0.846. The van der Waals surface area contributed by atoms with Crippen molar-refractivity contribution in [2.45, 2.75) is 24.0 Å². The van der Waals surface area contributed by atoms with Gasteiger partial charge >= 0.3 is 5.69 Å². The van der Waals surface area contributed by atoms with E-state index in [1.54, 1.807) is 0 Å². The normalized spacial score (nSPS) is 30.3. The molecule has 2 heterocycles. The van der Waals surface area contributed by atoms with Crippen molar-refractivity contribution in [2.75, 3.05) is 20.3 Å². The van der Waals surface area contributed by atoms with Crippen molar-refractivity contribution in [3.63, 3.8) is 0 Å². The zero-order valence-corrected chi connectivity index (χ0v) is 12.4. The molecule has 1 saturated heterocycles. The molecule has 0 spiro atoms. The molecule has 11 nitrogen and oxygen atoms in total. The summed E-state index contributed by atoms with van der Waals surface area (Å²) in [5.74, 6) is -0.243. The first kappa shape index (κ1) is 17.1. The van der Waals surface area contributed by atoms with Crippen molar-refractivity contribution < 1.29 is 19.7 Å². The van der Waals surface area contributed by atoms with E-state index >= 15 is 0 Å². The van der Waals surface area contributed by atoms with Gasteiger partial charge < -0.3 is 31.2 Å². The van der Waals surface area contributed by atoms with Crippen LogP contribution in [0.5, 0.6) is 0 Å². The van der Waals surface area contributed by atoms with E-state index in [9.17, 15) is 19.8 Å². The maximum Gasteiger partial charge on any atom is 0.330 e. The lowest BCUT2D eigenvalue weighted by molar-refractivity contribution is -0.123. The Morgan fingerprint density at radius 3 is 2.78 bits per heavy atom. The molecule has 1 aromatic rings. The highest BCUT2D eigenvalue weighted by Crippen LogP contribution is 2.38. The van der Waals surface area contributed by atoms with E-state index in [0.29, 0.717) is 0 Å². The van der Waals surface area contributed by atoms with Gasteiger partial charge in [-0.25, -0.2) is 4.79 Å². The molecular weight excluding hydrogens is 310 g/mol. The highest BCUT2D eigenvalue weighted by atomic mass is 16.6. The number of nitrogens with two attached hydrogens (primary N) is 2. The summed E-state index contributed by atoms with van der Waals surface area (Å²) >= 11 is 0. The fraction of sp³-hybridized carbons (Fsp3) is 0.583. The molecule has 1 aliphatic heterocycles. The van der Waals surface area contributed by atoms with Crippen LogP contribution >= 0.6 is 0 Å². The summed E-state index contributed by atoms with van der Waals surface area (Å²) in [6, 6.07) is 1.12. The molecule has 4 atom stereocenters. The van der Waals surface area contributed by atoms with Crippen molar-refractivity contribution in [1.29, 1.82) is 0 Å². The van der Waals surface area contributed by atoms with Gasteiger partial charge in [-0.3, -0.25) is 19.3 Å². The number of guanidine groups is 1. The zero-order chi connectivity index (χ0) is 17.2. The van der Waals surface area contributed by atoms with Crippen LogP contribution in [0, 0.1) is 0 Å². The Morgan fingerprint density at radius 2 is 2.26 bits per heavy atom. The molecule has 23 heavy (non-hydrogen) atoms. The number of hydrogen-bond acceptors (Lipinski definition) is 7.